The predicted molar refractivity (Wildman–Crippen MR) is 122 cm³/mol. The maximum Gasteiger partial charge on any atom is 0.246 e. The Kier molecular flexibility index (Phi) is 6.84. The number of anilines is 1. The van der Waals surface area contributed by atoms with Crippen molar-refractivity contribution in [1.82, 2.24) is 10.4 Å². The quantitative estimate of drug-likeness (QED) is 0.439. The summed E-state index contributed by atoms with van der Waals surface area (Å²) in [7, 11) is 0. The third kappa shape index (κ3) is 6.42. The summed E-state index contributed by atoms with van der Waals surface area (Å²) in [6.07, 6.45) is 1.73. The molecule has 30 heavy (non-hydrogen) atoms. The molecular formula is C23H26N4O2S. The number of aromatic nitrogens is 1. The third-order valence-corrected chi connectivity index (χ3v) is 5.14. The minimum absolute atomic E-state index is 0.144. The van der Waals surface area contributed by atoms with E-state index in [4.69, 9.17) is 10.5 Å². The Morgan fingerprint density at radius 3 is 2.47 bits per heavy atom. The third-order valence-electron chi connectivity index (χ3n) is 4.42. The van der Waals surface area contributed by atoms with Gasteiger partial charge in [-0.05, 0) is 46.4 Å². The summed E-state index contributed by atoms with van der Waals surface area (Å²) in [4.78, 5) is 15.9. The van der Waals surface area contributed by atoms with Gasteiger partial charge in [-0.25, -0.2) is 10.4 Å². The van der Waals surface area contributed by atoms with Gasteiger partial charge in [-0.3, -0.25) is 4.79 Å². The minimum atomic E-state index is -0.242. The zero-order valence-electron chi connectivity index (χ0n) is 17.4. The fourth-order valence-corrected chi connectivity index (χ4v) is 3.27. The Morgan fingerprint density at radius 2 is 1.87 bits per heavy atom. The molecule has 0 saturated carbocycles. The van der Waals surface area contributed by atoms with E-state index < -0.39 is 0 Å². The monoisotopic (exact) mass is 422 g/mol. The zero-order chi connectivity index (χ0) is 21.6. The molecule has 0 unspecified atom stereocenters. The number of nitrogen functional groups attached to an aromatic ring is 1. The smallest absolute Gasteiger partial charge is 0.246 e. The molecule has 0 aliphatic heterocycles. The van der Waals surface area contributed by atoms with E-state index in [9.17, 15) is 4.79 Å². The summed E-state index contributed by atoms with van der Waals surface area (Å²) in [5.41, 5.74) is 12.1. The highest BCUT2D eigenvalue weighted by atomic mass is 32.1. The highest BCUT2D eigenvalue weighted by Crippen LogP contribution is 2.22. The van der Waals surface area contributed by atoms with E-state index in [0.717, 1.165) is 16.9 Å². The molecule has 3 aromatic rings. The summed E-state index contributed by atoms with van der Waals surface area (Å²) in [5, 5.41) is 6.18. The number of rotatable bonds is 7. The van der Waals surface area contributed by atoms with Crippen molar-refractivity contribution in [2.75, 3.05) is 5.73 Å². The van der Waals surface area contributed by atoms with Crippen molar-refractivity contribution in [2.24, 2.45) is 5.10 Å². The Bertz CT molecular complexity index is 1000. The molecule has 3 rings (SSSR count). The van der Waals surface area contributed by atoms with E-state index in [2.05, 4.69) is 60.5 Å². The molecule has 0 aliphatic carbocycles. The molecule has 0 radical (unpaired) electrons. The number of nitrogens with zero attached hydrogens (tertiary/aromatic N) is 2. The first-order valence-electron chi connectivity index (χ1n) is 9.64. The van der Waals surface area contributed by atoms with Gasteiger partial charge in [0, 0.05) is 5.38 Å². The van der Waals surface area contributed by atoms with E-state index in [1.807, 2.05) is 24.3 Å². The van der Waals surface area contributed by atoms with Crippen molar-refractivity contribution in [2.45, 2.75) is 39.2 Å². The molecule has 1 amide bonds. The molecule has 156 valence electrons. The van der Waals surface area contributed by atoms with Crippen LogP contribution in [0.1, 0.15) is 43.2 Å². The Labute approximate surface area is 180 Å². The Balaban J connectivity index is 1.46. The van der Waals surface area contributed by atoms with Crippen LogP contribution < -0.4 is 15.9 Å². The van der Waals surface area contributed by atoms with Crippen molar-refractivity contribution in [3.05, 3.63) is 76.3 Å². The van der Waals surface area contributed by atoms with Gasteiger partial charge in [0.05, 0.1) is 18.3 Å². The van der Waals surface area contributed by atoms with Gasteiger partial charge in [0.2, 0.25) is 5.91 Å². The van der Waals surface area contributed by atoms with Crippen LogP contribution in [-0.2, 0) is 23.2 Å². The van der Waals surface area contributed by atoms with Gasteiger partial charge in [0.1, 0.15) is 12.4 Å². The summed E-state index contributed by atoms with van der Waals surface area (Å²) in [6.45, 7) is 7.11. The first-order valence-corrected chi connectivity index (χ1v) is 10.5. The largest absolute Gasteiger partial charge is 0.489 e. The number of hydrogen-bond acceptors (Lipinski definition) is 6. The molecule has 1 aromatic heterocycles. The molecule has 0 bridgehead atoms. The van der Waals surface area contributed by atoms with Crippen molar-refractivity contribution in [3.63, 3.8) is 0 Å². The van der Waals surface area contributed by atoms with Crippen LogP contribution in [0.25, 0.3) is 0 Å². The lowest BCUT2D eigenvalue weighted by Crippen LogP contribution is -2.19. The van der Waals surface area contributed by atoms with Crippen molar-refractivity contribution >= 4 is 28.6 Å². The molecule has 0 fully saturated rings. The summed E-state index contributed by atoms with van der Waals surface area (Å²) in [5.74, 6) is 0.534. The second-order valence-electron chi connectivity index (χ2n) is 7.95. The van der Waals surface area contributed by atoms with E-state index >= 15 is 0 Å². The average Bonchev–Trinajstić information content (AvgIpc) is 3.11. The number of hydrazone groups is 1. The molecule has 2 aromatic carbocycles. The maximum atomic E-state index is 11.8. The number of nitrogens with two attached hydrogens (primary N) is 1. The number of thiazole rings is 1. The summed E-state index contributed by atoms with van der Waals surface area (Å²) in [6, 6.07) is 16.0. The molecule has 0 saturated heterocycles. The van der Waals surface area contributed by atoms with Crippen LogP contribution in [0.3, 0.4) is 0 Å². The lowest BCUT2D eigenvalue weighted by Gasteiger charge is -2.19. The standard InChI is InChI=1S/C23H26N4O2S/c1-23(2,3)18-8-4-17(5-9-18)14-29-20-10-6-16(7-11-20)13-25-27-21(28)12-19-15-30-22(24)26-19/h4-11,13,15H,12,14H2,1-3H3,(H2,24,26)(H,27,28)/b25-13+. The lowest BCUT2D eigenvalue weighted by molar-refractivity contribution is -0.120. The van der Waals surface area contributed by atoms with Gasteiger partial charge in [-0.2, -0.15) is 5.10 Å². The summed E-state index contributed by atoms with van der Waals surface area (Å²) < 4.78 is 5.85. The minimum Gasteiger partial charge on any atom is -0.489 e. The van der Waals surface area contributed by atoms with Crippen molar-refractivity contribution in [1.29, 1.82) is 0 Å². The lowest BCUT2D eigenvalue weighted by atomic mass is 9.87. The highest BCUT2D eigenvalue weighted by molar-refractivity contribution is 7.13. The number of hydrogen-bond donors (Lipinski definition) is 2. The second-order valence-corrected chi connectivity index (χ2v) is 8.84. The molecular weight excluding hydrogens is 396 g/mol. The molecule has 7 heteroatoms. The first kappa shape index (κ1) is 21.5. The average molecular weight is 423 g/mol. The van der Waals surface area contributed by atoms with Crippen LogP contribution in [0.15, 0.2) is 59.0 Å². The van der Waals surface area contributed by atoms with E-state index in [1.54, 1.807) is 11.6 Å². The number of benzene rings is 2. The SMILES string of the molecule is CC(C)(C)c1ccc(COc2ccc(/C=N/NC(=O)Cc3csc(N)n3)cc2)cc1. The maximum absolute atomic E-state index is 11.8. The van der Waals surface area contributed by atoms with Crippen LogP contribution in [0.5, 0.6) is 5.75 Å². The van der Waals surface area contributed by atoms with Gasteiger partial charge in [-0.1, -0.05) is 45.0 Å². The second kappa shape index (κ2) is 9.54. The zero-order valence-corrected chi connectivity index (χ0v) is 18.2. The van der Waals surface area contributed by atoms with Crippen LogP contribution in [0.4, 0.5) is 5.13 Å². The predicted octanol–water partition coefficient (Wildman–Crippen LogP) is 4.29. The molecule has 1 heterocycles. The molecule has 0 atom stereocenters. The molecule has 6 nitrogen and oxygen atoms in total. The fraction of sp³-hybridized carbons (Fsp3) is 0.261. The molecule has 0 spiro atoms. The summed E-state index contributed by atoms with van der Waals surface area (Å²) >= 11 is 1.31. The van der Waals surface area contributed by atoms with E-state index in [1.165, 1.54) is 16.9 Å². The van der Waals surface area contributed by atoms with Crippen LogP contribution >= 0.6 is 11.3 Å². The Hall–Kier alpha value is -3.19. The van der Waals surface area contributed by atoms with Crippen LogP contribution in [0.2, 0.25) is 0 Å². The number of carbonyl (C=O) groups excluding carboxylic acids is 1. The number of nitrogens with one attached hydrogen (secondary N) is 1. The van der Waals surface area contributed by atoms with Gasteiger partial charge in [0.15, 0.2) is 5.13 Å². The van der Waals surface area contributed by atoms with Crippen molar-refractivity contribution in [3.8, 4) is 5.75 Å². The number of ether oxygens (including phenoxy) is 1. The van der Waals surface area contributed by atoms with Crippen molar-refractivity contribution < 1.29 is 9.53 Å². The topological polar surface area (TPSA) is 89.6 Å². The van der Waals surface area contributed by atoms with E-state index in [-0.39, 0.29) is 17.7 Å². The highest BCUT2D eigenvalue weighted by Gasteiger charge is 2.12. The van der Waals surface area contributed by atoms with Gasteiger partial charge in [0.25, 0.3) is 0 Å². The van der Waals surface area contributed by atoms with Gasteiger partial charge in [-0.15, -0.1) is 11.3 Å². The van der Waals surface area contributed by atoms with Crippen LogP contribution in [-0.4, -0.2) is 17.1 Å². The molecule has 0 aliphatic rings. The van der Waals surface area contributed by atoms with E-state index in [0.29, 0.717) is 17.4 Å². The van der Waals surface area contributed by atoms with Crippen LogP contribution in [0, 0.1) is 0 Å². The van der Waals surface area contributed by atoms with Gasteiger partial charge < -0.3 is 10.5 Å². The first-order chi connectivity index (χ1) is 14.3. The molecule has 3 N–H and O–H groups in total. The normalized spacial score (nSPS) is 11.6. The number of amides is 1. The fourth-order valence-electron chi connectivity index (χ4n) is 2.70. The van der Waals surface area contributed by atoms with Gasteiger partial charge >= 0.3 is 0 Å². The number of carbonyl (C=O) groups is 1. The Morgan fingerprint density at radius 1 is 1.17 bits per heavy atom.